The lowest BCUT2D eigenvalue weighted by molar-refractivity contribution is 0.00232. The number of rotatable bonds is 4. The second-order valence-electron chi connectivity index (χ2n) is 8.86. The minimum absolute atomic E-state index is 0.0266. The first kappa shape index (κ1) is 24.0. The lowest BCUT2D eigenvalue weighted by Gasteiger charge is -2.37. The van der Waals surface area contributed by atoms with Crippen molar-refractivity contribution < 1.29 is 19.1 Å². The standard InChI is InChI=1S/C24H25Cl2N3O3/c1-24(2,3)32-23(31)29(4)21-10-8-16(14-6-9-19(25)20(26)12-14)17-7-5-15(11-18(17)21)22(30)13-28-27/h5-7,9,11-13,16,21H,8,10H2,1-4H3. The highest BCUT2D eigenvalue weighted by molar-refractivity contribution is 6.42. The molecule has 0 radical (unpaired) electrons. The Morgan fingerprint density at radius 3 is 2.44 bits per heavy atom. The maximum atomic E-state index is 12.8. The monoisotopic (exact) mass is 473 g/mol. The van der Waals surface area contributed by atoms with Gasteiger partial charge in [-0.2, -0.15) is 4.79 Å². The van der Waals surface area contributed by atoms with Crippen molar-refractivity contribution in [3.63, 3.8) is 0 Å². The third-order valence-electron chi connectivity index (χ3n) is 5.50. The molecule has 1 aliphatic carbocycles. The predicted molar refractivity (Wildman–Crippen MR) is 125 cm³/mol. The van der Waals surface area contributed by atoms with E-state index in [1.165, 1.54) is 0 Å². The van der Waals surface area contributed by atoms with Gasteiger partial charge in [0, 0.05) is 18.5 Å². The molecule has 0 spiro atoms. The second kappa shape index (κ2) is 9.45. The molecular formula is C24H25Cl2N3O3. The van der Waals surface area contributed by atoms with Crippen molar-refractivity contribution >= 4 is 41.3 Å². The van der Waals surface area contributed by atoms with Gasteiger partial charge >= 0.3 is 12.3 Å². The molecule has 2 aromatic rings. The van der Waals surface area contributed by atoms with Crippen LogP contribution in [0.15, 0.2) is 36.4 Å². The maximum Gasteiger partial charge on any atom is 0.410 e. The summed E-state index contributed by atoms with van der Waals surface area (Å²) >= 11 is 12.4. The first-order valence-corrected chi connectivity index (χ1v) is 11.0. The molecular weight excluding hydrogens is 449 g/mol. The minimum atomic E-state index is -0.624. The van der Waals surface area contributed by atoms with Crippen molar-refractivity contribution in [1.82, 2.24) is 4.90 Å². The minimum Gasteiger partial charge on any atom is -0.444 e. The van der Waals surface area contributed by atoms with Crippen LogP contribution in [0.5, 0.6) is 0 Å². The van der Waals surface area contributed by atoms with Gasteiger partial charge in [0.15, 0.2) is 0 Å². The molecule has 0 saturated carbocycles. The summed E-state index contributed by atoms with van der Waals surface area (Å²) in [7, 11) is 1.70. The van der Waals surface area contributed by atoms with Gasteiger partial charge in [0.1, 0.15) is 5.60 Å². The number of ether oxygens (including phenoxy) is 1. The summed E-state index contributed by atoms with van der Waals surface area (Å²) in [5, 5.41) is 0.961. The Morgan fingerprint density at radius 2 is 1.81 bits per heavy atom. The van der Waals surface area contributed by atoms with E-state index in [1.807, 2.05) is 39.0 Å². The first-order chi connectivity index (χ1) is 15.0. The third-order valence-corrected chi connectivity index (χ3v) is 6.24. The SMILES string of the molecule is CN(C(=O)OC(C)(C)C)C1CCC(c2ccc(Cl)c(Cl)c2)c2ccc(C(=O)C=[N+]=[N-])cc21. The zero-order chi connectivity index (χ0) is 23.6. The summed E-state index contributed by atoms with van der Waals surface area (Å²) in [4.78, 5) is 29.5. The van der Waals surface area contributed by atoms with E-state index in [1.54, 1.807) is 30.1 Å². The van der Waals surface area contributed by atoms with Crippen molar-refractivity contribution in [1.29, 1.82) is 0 Å². The zero-order valence-corrected chi connectivity index (χ0v) is 19.9. The Hall–Kier alpha value is -2.66. The van der Waals surface area contributed by atoms with Crippen LogP contribution >= 0.6 is 23.2 Å². The van der Waals surface area contributed by atoms with Crippen LogP contribution in [0.3, 0.4) is 0 Å². The molecule has 0 bridgehead atoms. The molecule has 2 aromatic carbocycles. The number of benzene rings is 2. The van der Waals surface area contributed by atoms with Gasteiger partial charge in [0.25, 0.3) is 5.78 Å². The van der Waals surface area contributed by atoms with Gasteiger partial charge in [-0.1, -0.05) is 41.4 Å². The average Bonchev–Trinajstić information content (AvgIpc) is 2.73. The molecule has 0 aromatic heterocycles. The first-order valence-electron chi connectivity index (χ1n) is 10.3. The van der Waals surface area contributed by atoms with E-state index in [0.717, 1.165) is 29.3 Å². The lowest BCUT2D eigenvalue weighted by Crippen LogP contribution is -2.38. The van der Waals surface area contributed by atoms with Crippen molar-refractivity contribution in [3.05, 3.63) is 74.2 Å². The van der Waals surface area contributed by atoms with Gasteiger partial charge in [-0.3, -0.25) is 4.79 Å². The Balaban J connectivity index is 2.07. The van der Waals surface area contributed by atoms with Crippen molar-refractivity contribution in [3.8, 4) is 0 Å². The molecule has 0 heterocycles. The fraction of sp³-hybridized carbons (Fsp3) is 0.375. The molecule has 32 heavy (non-hydrogen) atoms. The molecule has 0 aliphatic heterocycles. The number of carbonyl (C=O) groups excluding carboxylic acids is 2. The summed E-state index contributed by atoms with van der Waals surface area (Å²) in [6.07, 6.45) is 1.86. The zero-order valence-electron chi connectivity index (χ0n) is 18.4. The number of hydrogen-bond donors (Lipinski definition) is 0. The summed E-state index contributed by atoms with van der Waals surface area (Å²) in [5.41, 5.74) is 11.4. The normalized spacial score (nSPS) is 17.7. The fourth-order valence-corrected chi connectivity index (χ4v) is 4.34. The Bertz CT molecular complexity index is 1100. The van der Waals surface area contributed by atoms with Crippen LogP contribution in [0.1, 0.15) is 72.6 Å². The summed E-state index contributed by atoms with van der Waals surface area (Å²) in [5.74, 6) is -0.399. The number of carbonyl (C=O) groups is 2. The summed E-state index contributed by atoms with van der Waals surface area (Å²) < 4.78 is 5.56. The van der Waals surface area contributed by atoms with Crippen molar-refractivity contribution in [2.24, 2.45) is 0 Å². The van der Waals surface area contributed by atoms with Gasteiger partial charge < -0.3 is 15.2 Å². The lowest BCUT2D eigenvalue weighted by atomic mass is 9.75. The Morgan fingerprint density at radius 1 is 1.09 bits per heavy atom. The van der Waals surface area contributed by atoms with E-state index >= 15 is 0 Å². The van der Waals surface area contributed by atoms with Crippen LogP contribution in [0.25, 0.3) is 5.53 Å². The summed E-state index contributed by atoms with van der Waals surface area (Å²) in [6.45, 7) is 5.45. The molecule has 2 unspecified atom stereocenters. The van der Waals surface area contributed by atoms with Crippen LogP contribution in [-0.2, 0) is 4.74 Å². The van der Waals surface area contributed by atoms with Crippen LogP contribution in [0.2, 0.25) is 10.0 Å². The van der Waals surface area contributed by atoms with E-state index in [-0.39, 0.29) is 12.0 Å². The molecule has 3 rings (SSSR count). The van der Waals surface area contributed by atoms with E-state index in [0.29, 0.717) is 22.0 Å². The van der Waals surface area contributed by atoms with Crippen LogP contribution in [0, 0.1) is 0 Å². The molecule has 8 heteroatoms. The van der Waals surface area contributed by atoms with Crippen LogP contribution < -0.4 is 0 Å². The van der Waals surface area contributed by atoms with Gasteiger partial charge in [0.05, 0.1) is 16.1 Å². The third kappa shape index (κ3) is 5.21. The summed E-state index contributed by atoms with van der Waals surface area (Å²) in [6, 6.07) is 10.6. The number of ketones is 1. The van der Waals surface area contributed by atoms with Gasteiger partial charge in [-0.05, 0) is 68.5 Å². The molecule has 0 N–H and O–H groups in total. The van der Waals surface area contributed by atoms with E-state index in [4.69, 9.17) is 33.5 Å². The van der Waals surface area contributed by atoms with Gasteiger partial charge in [0.2, 0.25) is 0 Å². The smallest absolute Gasteiger partial charge is 0.410 e. The average molecular weight is 474 g/mol. The highest BCUT2D eigenvalue weighted by Gasteiger charge is 2.34. The molecule has 1 amide bonds. The van der Waals surface area contributed by atoms with Crippen molar-refractivity contribution in [2.75, 3.05) is 7.05 Å². The quantitative estimate of drug-likeness (QED) is 0.225. The number of Topliss-reactive ketones (excluding diaryl/α,β-unsaturated/α-hetero) is 1. The fourth-order valence-electron chi connectivity index (χ4n) is 4.04. The topological polar surface area (TPSA) is 83.0 Å². The molecule has 1 aliphatic rings. The second-order valence-corrected chi connectivity index (χ2v) is 9.68. The van der Waals surface area contributed by atoms with Crippen LogP contribution in [0.4, 0.5) is 4.79 Å². The number of halogens is 2. The number of fused-ring (bicyclic) bond motifs is 1. The number of nitrogens with zero attached hydrogens (tertiary/aromatic N) is 3. The largest absolute Gasteiger partial charge is 0.444 e. The molecule has 0 fully saturated rings. The van der Waals surface area contributed by atoms with E-state index in [9.17, 15) is 9.59 Å². The molecule has 2 atom stereocenters. The van der Waals surface area contributed by atoms with E-state index in [2.05, 4.69) is 4.79 Å². The number of amides is 1. The number of hydrogen-bond acceptors (Lipinski definition) is 3. The highest BCUT2D eigenvalue weighted by atomic mass is 35.5. The van der Waals surface area contributed by atoms with Crippen LogP contribution in [-0.4, -0.2) is 40.4 Å². The van der Waals surface area contributed by atoms with E-state index < -0.39 is 17.5 Å². The van der Waals surface area contributed by atoms with Gasteiger partial charge in [-0.25, -0.2) is 4.79 Å². The Kier molecular flexibility index (Phi) is 7.09. The molecule has 6 nitrogen and oxygen atoms in total. The van der Waals surface area contributed by atoms with Gasteiger partial charge in [-0.15, -0.1) is 0 Å². The maximum absolute atomic E-state index is 12.8. The highest BCUT2D eigenvalue weighted by Crippen LogP contribution is 2.44. The van der Waals surface area contributed by atoms with Crippen molar-refractivity contribution in [2.45, 2.75) is 51.2 Å². The predicted octanol–water partition coefficient (Wildman–Crippen LogP) is 6.31. The molecule has 168 valence electrons. The molecule has 0 saturated heterocycles. The Labute approximate surface area is 197 Å².